The van der Waals surface area contributed by atoms with Crippen molar-refractivity contribution in [1.82, 2.24) is 15.1 Å². The number of rotatable bonds is 7. The second-order valence-corrected chi connectivity index (χ2v) is 11.8. The summed E-state index contributed by atoms with van der Waals surface area (Å²) in [6.07, 6.45) is 0. The Morgan fingerprint density at radius 3 is 2.62 bits per heavy atom. The monoisotopic (exact) mass is 550 g/mol. The molecule has 0 aliphatic carbocycles. The maximum absolute atomic E-state index is 13.7. The summed E-state index contributed by atoms with van der Waals surface area (Å²) in [6, 6.07) is 13.9. The highest BCUT2D eigenvalue weighted by Gasteiger charge is 2.40. The quantitative estimate of drug-likeness (QED) is 0.442. The minimum Gasteiger partial charge on any atom is -0.454 e. The minimum absolute atomic E-state index is 0.120. The van der Waals surface area contributed by atoms with Crippen LogP contribution in [-0.2, 0) is 19.7 Å². The molecule has 2 aromatic carbocycles. The lowest BCUT2D eigenvalue weighted by Gasteiger charge is -2.24. The first-order chi connectivity index (χ1) is 18.7. The average molecular weight is 551 g/mol. The summed E-state index contributed by atoms with van der Waals surface area (Å²) >= 11 is 1.53. The van der Waals surface area contributed by atoms with E-state index in [1.54, 1.807) is 12.0 Å². The van der Waals surface area contributed by atoms with Crippen molar-refractivity contribution in [2.24, 2.45) is 0 Å². The third-order valence-electron chi connectivity index (χ3n) is 6.71. The van der Waals surface area contributed by atoms with Gasteiger partial charge in [0.1, 0.15) is 12.4 Å². The van der Waals surface area contributed by atoms with Crippen molar-refractivity contribution in [2.75, 3.05) is 44.3 Å². The number of fused-ring (bicyclic) bond motifs is 2. The molecule has 2 aliphatic heterocycles. The average Bonchev–Trinajstić information content (AvgIpc) is 3.50. The molecule has 2 aliphatic rings. The Balaban J connectivity index is 1.70. The molecule has 0 spiro atoms. The Kier molecular flexibility index (Phi) is 7.59. The van der Waals surface area contributed by atoms with Crippen LogP contribution in [0.3, 0.4) is 0 Å². The molecule has 9 nitrogen and oxygen atoms in total. The van der Waals surface area contributed by atoms with Gasteiger partial charge in [-0.3, -0.25) is 14.5 Å². The van der Waals surface area contributed by atoms with Gasteiger partial charge in [0.25, 0.3) is 0 Å². The first kappa shape index (κ1) is 27.1. The molecule has 3 heterocycles. The normalized spacial score (nSPS) is 16.7. The third kappa shape index (κ3) is 5.49. The van der Waals surface area contributed by atoms with Gasteiger partial charge in [-0.05, 0) is 36.8 Å². The summed E-state index contributed by atoms with van der Waals surface area (Å²) in [5.41, 5.74) is 4.37. The molecule has 10 heteroatoms. The number of anilines is 1. The lowest BCUT2D eigenvalue weighted by Crippen LogP contribution is -2.43. The van der Waals surface area contributed by atoms with E-state index in [2.05, 4.69) is 26.1 Å². The molecule has 5 rings (SSSR count). The molecule has 0 unspecified atom stereocenters. The first-order valence-corrected chi connectivity index (χ1v) is 14.0. The lowest BCUT2D eigenvalue weighted by atomic mass is 9.87. The number of hydrogen-bond acceptors (Lipinski definition) is 7. The Hall–Kier alpha value is -3.50. The Morgan fingerprint density at radius 1 is 1.15 bits per heavy atom. The molecular weight excluding hydrogens is 516 g/mol. The van der Waals surface area contributed by atoms with Crippen LogP contribution in [0.5, 0.6) is 11.5 Å². The summed E-state index contributed by atoms with van der Waals surface area (Å²) in [4.78, 5) is 28.3. The number of amides is 2. The van der Waals surface area contributed by atoms with Crippen LogP contribution in [-0.4, -0.2) is 60.9 Å². The van der Waals surface area contributed by atoms with Gasteiger partial charge in [0.05, 0.1) is 29.0 Å². The van der Waals surface area contributed by atoms with Crippen LogP contribution in [0.1, 0.15) is 48.4 Å². The molecule has 0 bridgehead atoms. The number of hydrogen-bond donors (Lipinski definition) is 1. The van der Waals surface area contributed by atoms with Gasteiger partial charge in [0.2, 0.25) is 18.6 Å². The zero-order valence-corrected chi connectivity index (χ0v) is 23.8. The van der Waals surface area contributed by atoms with Crippen molar-refractivity contribution in [3.05, 3.63) is 64.8 Å². The van der Waals surface area contributed by atoms with Crippen LogP contribution in [0, 0.1) is 6.92 Å². The number of benzene rings is 2. The number of ether oxygens (including phenoxy) is 3. The lowest BCUT2D eigenvalue weighted by molar-refractivity contribution is -0.123. The summed E-state index contributed by atoms with van der Waals surface area (Å²) in [5.74, 6) is 1.80. The molecule has 0 radical (unpaired) electrons. The fourth-order valence-electron chi connectivity index (χ4n) is 4.77. The van der Waals surface area contributed by atoms with E-state index in [1.165, 1.54) is 11.8 Å². The smallest absolute Gasteiger partial charge is 0.240 e. The molecular formula is C29H34N4O5S. The molecule has 39 heavy (non-hydrogen) atoms. The van der Waals surface area contributed by atoms with E-state index in [0.29, 0.717) is 30.5 Å². The zero-order chi connectivity index (χ0) is 27.7. The van der Waals surface area contributed by atoms with Gasteiger partial charge in [-0.25, -0.2) is 4.68 Å². The van der Waals surface area contributed by atoms with Crippen LogP contribution in [0.2, 0.25) is 0 Å². The highest BCUT2D eigenvalue weighted by Crippen LogP contribution is 2.49. The Labute approximate surface area is 232 Å². The topological polar surface area (TPSA) is 94.9 Å². The van der Waals surface area contributed by atoms with Crippen molar-refractivity contribution in [1.29, 1.82) is 0 Å². The highest BCUT2D eigenvalue weighted by atomic mass is 32.2. The molecule has 0 fully saturated rings. The highest BCUT2D eigenvalue weighted by molar-refractivity contribution is 8.00. The van der Waals surface area contributed by atoms with Crippen LogP contribution in [0.15, 0.2) is 42.5 Å². The van der Waals surface area contributed by atoms with Crippen molar-refractivity contribution in [2.45, 2.75) is 38.4 Å². The van der Waals surface area contributed by atoms with E-state index in [4.69, 9.17) is 19.3 Å². The maximum Gasteiger partial charge on any atom is 0.240 e. The molecule has 3 aromatic rings. The van der Waals surface area contributed by atoms with Crippen molar-refractivity contribution in [3.63, 3.8) is 0 Å². The molecule has 1 N–H and O–H groups in total. The number of thioether (sulfide) groups is 1. The van der Waals surface area contributed by atoms with Crippen LogP contribution < -0.4 is 19.7 Å². The SMILES string of the molecule is COCCNC(=O)CN1C(=O)CS[C@@H](c2ccc3c(c2)OCO3)c2c(C(C)(C)C)nn(-c3ccc(C)cc3)c21. The fraction of sp³-hybridized carbons (Fsp3) is 0.414. The van der Waals surface area contributed by atoms with E-state index in [9.17, 15) is 9.59 Å². The number of carbonyl (C=O) groups is 2. The third-order valence-corrected chi connectivity index (χ3v) is 7.96. The van der Waals surface area contributed by atoms with Crippen LogP contribution in [0.4, 0.5) is 5.82 Å². The van der Waals surface area contributed by atoms with E-state index in [-0.39, 0.29) is 41.6 Å². The summed E-state index contributed by atoms with van der Waals surface area (Å²) in [6.45, 7) is 9.20. The summed E-state index contributed by atoms with van der Waals surface area (Å²) in [5, 5.41) is 7.76. The molecule has 206 valence electrons. The first-order valence-electron chi connectivity index (χ1n) is 12.9. The standard InChI is InChI=1S/C29H34N4O5S/c1-18-6-9-20(10-7-18)33-28-25(27(31-33)29(2,3)4)26(19-8-11-21-22(14-19)38-17-37-21)39-16-24(35)32(28)15-23(34)30-12-13-36-5/h6-11,14,26H,12-13,15-17H2,1-5H3,(H,30,34)/t26-/m0/s1. The minimum atomic E-state index is -0.338. The Bertz CT molecular complexity index is 1380. The van der Waals surface area contributed by atoms with E-state index in [1.807, 2.05) is 54.1 Å². The van der Waals surface area contributed by atoms with Crippen molar-refractivity contribution < 1.29 is 23.8 Å². The number of carbonyl (C=O) groups excluding carboxylic acids is 2. The number of methoxy groups -OCH3 is 1. The van der Waals surface area contributed by atoms with Gasteiger partial charge in [0.15, 0.2) is 11.5 Å². The van der Waals surface area contributed by atoms with Crippen LogP contribution >= 0.6 is 11.8 Å². The predicted octanol–water partition coefficient (Wildman–Crippen LogP) is 4.14. The van der Waals surface area contributed by atoms with Crippen molar-refractivity contribution in [3.8, 4) is 17.2 Å². The van der Waals surface area contributed by atoms with Crippen LogP contribution in [0.25, 0.3) is 5.69 Å². The number of aromatic nitrogens is 2. The van der Waals surface area contributed by atoms with Gasteiger partial charge < -0.3 is 19.5 Å². The number of nitrogens with one attached hydrogen (secondary N) is 1. The number of nitrogens with zero attached hydrogens (tertiary/aromatic N) is 3. The van der Waals surface area contributed by atoms with Gasteiger partial charge in [-0.15, -0.1) is 11.8 Å². The molecule has 2 amide bonds. The molecule has 1 aromatic heterocycles. The fourth-order valence-corrected chi connectivity index (χ4v) is 5.96. The predicted molar refractivity (Wildman–Crippen MR) is 151 cm³/mol. The van der Waals surface area contributed by atoms with E-state index >= 15 is 0 Å². The maximum atomic E-state index is 13.7. The second-order valence-electron chi connectivity index (χ2n) is 10.7. The zero-order valence-electron chi connectivity index (χ0n) is 22.9. The molecule has 1 atom stereocenters. The number of aryl methyl sites for hydroxylation is 1. The summed E-state index contributed by atoms with van der Waals surface area (Å²) in [7, 11) is 1.58. The van der Waals surface area contributed by atoms with E-state index in [0.717, 1.165) is 28.1 Å². The van der Waals surface area contributed by atoms with Gasteiger partial charge >= 0.3 is 0 Å². The largest absolute Gasteiger partial charge is 0.454 e. The van der Waals surface area contributed by atoms with Gasteiger partial charge in [0, 0.05) is 24.6 Å². The van der Waals surface area contributed by atoms with Gasteiger partial charge in [-0.2, -0.15) is 5.10 Å². The Morgan fingerprint density at radius 2 is 1.90 bits per heavy atom. The summed E-state index contributed by atoms with van der Waals surface area (Å²) < 4.78 is 18.1. The van der Waals surface area contributed by atoms with Crippen molar-refractivity contribution >= 4 is 29.4 Å². The second kappa shape index (κ2) is 10.9. The van der Waals surface area contributed by atoms with E-state index < -0.39 is 0 Å². The molecule has 0 saturated heterocycles. The molecule has 0 saturated carbocycles. The van der Waals surface area contributed by atoms with Gasteiger partial charge in [-0.1, -0.05) is 44.5 Å².